The van der Waals surface area contributed by atoms with Gasteiger partial charge in [-0.05, 0) is 55.9 Å². The fraction of sp³-hybridized carbons (Fsp3) is 0.391. The molecule has 1 aromatic carbocycles. The molecule has 1 unspecified atom stereocenters. The topological polar surface area (TPSA) is 107 Å². The normalized spacial score (nSPS) is 20.7. The van der Waals surface area contributed by atoms with Crippen molar-refractivity contribution in [3.63, 3.8) is 0 Å². The molecule has 0 saturated carbocycles. The van der Waals surface area contributed by atoms with Crippen LogP contribution in [0, 0.1) is 5.92 Å². The minimum Gasteiger partial charge on any atom is -0.394 e. The molecule has 3 N–H and O–H groups in total. The van der Waals surface area contributed by atoms with E-state index < -0.39 is 0 Å². The lowest BCUT2D eigenvalue weighted by Crippen LogP contribution is -2.42. The zero-order valence-corrected chi connectivity index (χ0v) is 18.4. The van der Waals surface area contributed by atoms with Crippen LogP contribution in [0.2, 0.25) is 0 Å². The van der Waals surface area contributed by atoms with Crippen molar-refractivity contribution in [1.29, 1.82) is 0 Å². The van der Waals surface area contributed by atoms with E-state index in [1.165, 1.54) is 10.4 Å². The van der Waals surface area contributed by atoms with Crippen molar-refractivity contribution in [1.82, 2.24) is 25.1 Å². The Morgan fingerprint density at radius 2 is 2.25 bits per heavy atom. The van der Waals surface area contributed by atoms with E-state index in [9.17, 15) is 9.90 Å². The predicted octanol–water partition coefficient (Wildman–Crippen LogP) is 3.40. The highest BCUT2D eigenvalue weighted by Gasteiger charge is 2.35. The summed E-state index contributed by atoms with van der Waals surface area (Å²) in [6, 6.07) is 6.05. The van der Waals surface area contributed by atoms with Crippen LogP contribution in [0.4, 0.5) is 11.5 Å². The Morgan fingerprint density at radius 1 is 1.31 bits per heavy atom. The third-order valence-corrected chi connectivity index (χ3v) is 7.93. The van der Waals surface area contributed by atoms with Crippen LogP contribution in [-0.4, -0.2) is 55.3 Å². The van der Waals surface area contributed by atoms with E-state index in [1.807, 2.05) is 23.1 Å². The van der Waals surface area contributed by atoms with E-state index in [0.29, 0.717) is 0 Å². The van der Waals surface area contributed by atoms with Gasteiger partial charge in [-0.3, -0.25) is 9.89 Å². The number of aliphatic hydroxyl groups is 1. The number of hydrogen-bond acceptors (Lipinski definition) is 7. The van der Waals surface area contributed by atoms with Crippen molar-refractivity contribution >= 4 is 49.9 Å². The van der Waals surface area contributed by atoms with Crippen molar-refractivity contribution in [2.75, 3.05) is 18.5 Å². The van der Waals surface area contributed by atoms with Gasteiger partial charge in [-0.1, -0.05) is 0 Å². The summed E-state index contributed by atoms with van der Waals surface area (Å²) in [5.74, 6) is 0.984. The first-order valence-electron chi connectivity index (χ1n) is 11.1. The number of thiophene rings is 1. The van der Waals surface area contributed by atoms with E-state index >= 15 is 0 Å². The lowest BCUT2D eigenvalue weighted by atomic mass is 9.86. The summed E-state index contributed by atoms with van der Waals surface area (Å²) in [6.07, 6.45) is 7.69. The van der Waals surface area contributed by atoms with Crippen molar-refractivity contribution in [2.24, 2.45) is 5.92 Å². The molecule has 9 heteroatoms. The number of carbonyl (C=O) groups is 1. The molecule has 4 heterocycles. The fourth-order valence-corrected chi connectivity index (χ4v) is 6.39. The molecule has 1 aliphatic heterocycles. The number of aliphatic hydroxyl groups excluding tert-OH is 1. The summed E-state index contributed by atoms with van der Waals surface area (Å²) >= 11 is 1.67. The first-order chi connectivity index (χ1) is 15.7. The number of rotatable bonds is 4. The smallest absolute Gasteiger partial charge is 0.226 e. The lowest BCUT2D eigenvalue weighted by Gasteiger charge is -2.30. The molecule has 0 bridgehead atoms. The zero-order valence-electron chi connectivity index (χ0n) is 17.5. The molecule has 8 nitrogen and oxygen atoms in total. The number of aryl methyl sites for hydroxylation is 1. The summed E-state index contributed by atoms with van der Waals surface area (Å²) in [5, 5.41) is 22.2. The van der Waals surface area contributed by atoms with E-state index in [4.69, 9.17) is 0 Å². The summed E-state index contributed by atoms with van der Waals surface area (Å²) in [4.78, 5) is 26.3. The van der Waals surface area contributed by atoms with Gasteiger partial charge < -0.3 is 15.3 Å². The van der Waals surface area contributed by atoms with Gasteiger partial charge in [0, 0.05) is 28.4 Å². The highest BCUT2D eigenvalue weighted by molar-refractivity contribution is 7.19. The molecule has 1 fully saturated rings. The molecule has 4 aromatic rings. The second-order valence-corrected chi connectivity index (χ2v) is 9.74. The molecule has 0 spiro atoms. The Morgan fingerprint density at radius 3 is 3.16 bits per heavy atom. The Labute approximate surface area is 188 Å². The molecule has 1 amide bonds. The Hall–Kier alpha value is -3.04. The number of amides is 1. The molecular weight excluding hydrogens is 424 g/mol. The maximum absolute atomic E-state index is 13.2. The molecule has 32 heavy (non-hydrogen) atoms. The monoisotopic (exact) mass is 448 g/mol. The third kappa shape index (κ3) is 3.23. The maximum atomic E-state index is 13.2. The number of aromatic amines is 1. The molecule has 3 aromatic heterocycles. The predicted molar refractivity (Wildman–Crippen MR) is 124 cm³/mol. The van der Waals surface area contributed by atoms with Gasteiger partial charge in [0.05, 0.1) is 29.7 Å². The van der Waals surface area contributed by atoms with Crippen LogP contribution >= 0.6 is 11.3 Å². The van der Waals surface area contributed by atoms with Crippen LogP contribution in [0.5, 0.6) is 0 Å². The quantitative estimate of drug-likeness (QED) is 0.442. The third-order valence-electron chi connectivity index (χ3n) is 6.77. The number of H-pyrrole nitrogens is 1. The Bertz CT molecular complexity index is 1310. The van der Waals surface area contributed by atoms with Gasteiger partial charge in [0.2, 0.25) is 5.91 Å². The lowest BCUT2D eigenvalue weighted by molar-refractivity contribution is -0.137. The SMILES string of the molecule is O=C([C@H]1CCc2c(sc3ncnc(Nc4ccc5[nH]ncc5c4)c23)C1)N1CCCC1CO. The number of hydrogen-bond donors (Lipinski definition) is 3. The number of carbonyl (C=O) groups excluding carboxylic acids is 1. The number of nitrogens with one attached hydrogen (secondary N) is 2. The van der Waals surface area contributed by atoms with Crippen LogP contribution in [0.15, 0.2) is 30.7 Å². The standard InChI is InChI=1S/C23H24N6O2S/c30-11-16-2-1-7-29(16)23(31)13-3-5-17-19(9-13)32-22-20(17)21(24-12-25-22)27-15-4-6-18-14(8-15)10-26-28-18/h4,6,8,10,12-13,16,30H,1-3,5,7,9,11H2,(H,26,28)(H,24,25,27)/t13-,16?/m0/s1. The molecule has 1 saturated heterocycles. The zero-order chi connectivity index (χ0) is 21.7. The highest BCUT2D eigenvalue weighted by atomic mass is 32.1. The van der Waals surface area contributed by atoms with Crippen LogP contribution in [0.3, 0.4) is 0 Å². The Balaban J connectivity index is 1.29. The highest BCUT2D eigenvalue weighted by Crippen LogP contribution is 2.41. The van der Waals surface area contributed by atoms with Gasteiger partial charge >= 0.3 is 0 Å². The average molecular weight is 449 g/mol. The van der Waals surface area contributed by atoms with Crippen LogP contribution < -0.4 is 5.32 Å². The van der Waals surface area contributed by atoms with Crippen molar-refractivity contribution < 1.29 is 9.90 Å². The molecule has 0 radical (unpaired) electrons. The van der Waals surface area contributed by atoms with Gasteiger partial charge in [-0.2, -0.15) is 5.10 Å². The minimum absolute atomic E-state index is 0.0134. The summed E-state index contributed by atoms with van der Waals surface area (Å²) in [7, 11) is 0. The molecule has 2 atom stereocenters. The molecule has 1 aliphatic carbocycles. The summed E-state index contributed by atoms with van der Waals surface area (Å²) in [6.45, 7) is 0.822. The number of anilines is 2. The van der Waals surface area contributed by atoms with Crippen molar-refractivity contribution in [2.45, 2.75) is 38.1 Å². The van der Waals surface area contributed by atoms with Crippen LogP contribution in [0.25, 0.3) is 21.1 Å². The first kappa shape index (κ1) is 19.6. The minimum atomic E-state index is -0.0180. The van der Waals surface area contributed by atoms with E-state index in [-0.39, 0.29) is 24.5 Å². The van der Waals surface area contributed by atoms with Crippen molar-refractivity contribution in [3.05, 3.63) is 41.2 Å². The first-order valence-corrected chi connectivity index (χ1v) is 11.9. The summed E-state index contributed by atoms with van der Waals surface area (Å²) in [5.41, 5.74) is 3.21. The molecule has 6 rings (SSSR count). The fourth-order valence-electron chi connectivity index (χ4n) is 5.12. The van der Waals surface area contributed by atoms with E-state index in [2.05, 4.69) is 25.5 Å². The Kier molecular flexibility index (Phi) is 4.80. The molecule has 164 valence electrons. The van der Waals surface area contributed by atoms with Gasteiger partial charge in [-0.25, -0.2) is 9.97 Å². The number of likely N-dealkylation sites (tertiary alicyclic amines) is 1. The number of aromatic nitrogens is 4. The van der Waals surface area contributed by atoms with Crippen LogP contribution in [0.1, 0.15) is 29.7 Å². The van der Waals surface area contributed by atoms with Gasteiger partial charge in [0.15, 0.2) is 0 Å². The van der Waals surface area contributed by atoms with Crippen molar-refractivity contribution in [3.8, 4) is 0 Å². The molecule has 2 aliphatic rings. The van der Waals surface area contributed by atoms with E-state index in [1.54, 1.807) is 23.9 Å². The number of fused-ring (bicyclic) bond motifs is 4. The van der Waals surface area contributed by atoms with Gasteiger partial charge in [0.1, 0.15) is 17.0 Å². The molecular formula is C23H24N6O2S. The average Bonchev–Trinajstić information content (AvgIpc) is 3.55. The second kappa shape index (κ2) is 7.83. The second-order valence-electron chi connectivity index (χ2n) is 8.65. The summed E-state index contributed by atoms with van der Waals surface area (Å²) < 4.78 is 0. The number of nitrogens with zero attached hydrogens (tertiary/aromatic N) is 4. The van der Waals surface area contributed by atoms with Gasteiger partial charge in [-0.15, -0.1) is 11.3 Å². The largest absolute Gasteiger partial charge is 0.394 e. The number of benzene rings is 1. The maximum Gasteiger partial charge on any atom is 0.226 e. The van der Waals surface area contributed by atoms with E-state index in [0.717, 1.165) is 71.3 Å². The van der Waals surface area contributed by atoms with Gasteiger partial charge in [0.25, 0.3) is 0 Å². The van der Waals surface area contributed by atoms with Crippen LogP contribution in [-0.2, 0) is 17.6 Å².